The topological polar surface area (TPSA) is 87.7 Å². The average molecular weight is 171 g/mol. The van der Waals surface area contributed by atoms with Gasteiger partial charge in [-0.3, -0.25) is 9.79 Å². The van der Waals surface area contributed by atoms with Crippen molar-refractivity contribution in [1.82, 2.24) is 5.32 Å². The fourth-order valence-electron chi connectivity index (χ4n) is 0.999. The van der Waals surface area contributed by atoms with E-state index in [1.165, 1.54) is 0 Å². The summed E-state index contributed by atoms with van der Waals surface area (Å²) in [5.41, 5.74) is 5.28. The van der Waals surface area contributed by atoms with E-state index in [4.69, 9.17) is 10.8 Å². The quantitative estimate of drug-likeness (QED) is 0.517. The minimum Gasteiger partial charge on any atom is -0.480 e. The fourth-order valence-corrected chi connectivity index (χ4v) is 0.999. The molecule has 1 rings (SSSR count). The average Bonchev–Trinajstić information content (AvgIpc) is 2.51. The van der Waals surface area contributed by atoms with Gasteiger partial charge in [0, 0.05) is 19.5 Å². The molecule has 0 fully saturated rings. The molecule has 0 aromatic carbocycles. The Bertz CT molecular complexity index is 203. The minimum absolute atomic E-state index is 0.258. The molecule has 1 heterocycles. The first kappa shape index (κ1) is 8.99. The van der Waals surface area contributed by atoms with Gasteiger partial charge in [-0.25, -0.2) is 0 Å². The Kier molecular flexibility index (Phi) is 3.04. The van der Waals surface area contributed by atoms with Gasteiger partial charge in [-0.15, -0.1) is 0 Å². The predicted octanol–water partition coefficient (Wildman–Crippen LogP) is -0.820. The molecule has 4 N–H and O–H groups in total. The first-order chi connectivity index (χ1) is 5.70. The maximum Gasteiger partial charge on any atom is 0.322 e. The maximum atomic E-state index is 10.3. The van der Waals surface area contributed by atoms with Crippen molar-refractivity contribution < 1.29 is 9.90 Å². The van der Waals surface area contributed by atoms with Crippen molar-refractivity contribution in [3.8, 4) is 0 Å². The van der Waals surface area contributed by atoms with Crippen molar-refractivity contribution in [3.63, 3.8) is 0 Å². The van der Waals surface area contributed by atoms with Crippen LogP contribution in [0.4, 0.5) is 0 Å². The molecule has 1 aliphatic heterocycles. The predicted molar refractivity (Wildman–Crippen MR) is 45.1 cm³/mol. The summed E-state index contributed by atoms with van der Waals surface area (Å²) in [5, 5.41) is 11.4. The molecular weight excluding hydrogens is 158 g/mol. The summed E-state index contributed by atoms with van der Waals surface area (Å²) in [6.07, 6.45) is 1.96. The van der Waals surface area contributed by atoms with Crippen LogP contribution in [0, 0.1) is 0 Å². The second-order valence-corrected chi connectivity index (χ2v) is 2.76. The molecule has 5 nitrogen and oxygen atoms in total. The van der Waals surface area contributed by atoms with E-state index in [1.807, 2.05) is 0 Å². The van der Waals surface area contributed by atoms with Crippen LogP contribution in [0.5, 0.6) is 0 Å². The lowest BCUT2D eigenvalue weighted by Gasteiger charge is -2.08. The summed E-state index contributed by atoms with van der Waals surface area (Å²) in [5.74, 6) is -0.104. The number of rotatable bonds is 3. The third kappa shape index (κ3) is 2.50. The molecule has 1 aliphatic rings. The van der Waals surface area contributed by atoms with E-state index in [0.717, 1.165) is 25.2 Å². The van der Waals surface area contributed by atoms with Crippen LogP contribution in [-0.4, -0.2) is 36.0 Å². The number of amidine groups is 1. The van der Waals surface area contributed by atoms with E-state index in [9.17, 15) is 4.79 Å². The lowest BCUT2D eigenvalue weighted by molar-refractivity contribution is -0.138. The normalized spacial score (nSPS) is 18.6. The van der Waals surface area contributed by atoms with E-state index < -0.39 is 12.0 Å². The molecule has 0 amide bonds. The highest BCUT2D eigenvalue weighted by molar-refractivity contribution is 5.84. The third-order valence-electron chi connectivity index (χ3n) is 1.72. The monoisotopic (exact) mass is 171 g/mol. The number of nitrogens with two attached hydrogens (primary N) is 1. The van der Waals surface area contributed by atoms with Crippen molar-refractivity contribution >= 4 is 11.8 Å². The highest BCUT2D eigenvalue weighted by Crippen LogP contribution is 2.00. The molecule has 0 spiro atoms. The molecule has 68 valence electrons. The minimum atomic E-state index is -0.985. The molecule has 0 radical (unpaired) electrons. The molecule has 0 aromatic heterocycles. The van der Waals surface area contributed by atoms with Crippen LogP contribution in [0.25, 0.3) is 0 Å². The van der Waals surface area contributed by atoms with Gasteiger partial charge in [0.1, 0.15) is 6.04 Å². The van der Waals surface area contributed by atoms with Gasteiger partial charge in [0.05, 0.1) is 5.84 Å². The third-order valence-corrected chi connectivity index (χ3v) is 1.72. The summed E-state index contributed by atoms with van der Waals surface area (Å²) < 4.78 is 0. The van der Waals surface area contributed by atoms with Crippen LogP contribution in [0.2, 0.25) is 0 Å². The van der Waals surface area contributed by atoms with Crippen molar-refractivity contribution in [2.45, 2.75) is 18.9 Å². The summed E-state index contributed by atoms with van der Waals surface area (Å²) in [7, 11) is 0. The van der Waals surface area contributed by atoms with Crippen LogP contribution >= 0.6 is 0 Å². The molecule has 1 atom stereocenters. The van der Waals surface area contributed by atoms with Crippen molar-refractivity contribution in [3.05, 3.63) is 0 Å². The number of aliphatic imine (C=N–C) groups is 1. The van der Waals surface area contributed by atoms with Gasteiger partial charge in [0.25, 0.3) is 0 Å². The number of hydrogen-bond acceptors (Lipinski definition) is 4. The van der Waals surface area contributed by atoms with Gasteiger partial charge in [-0.1, -0.05) is 0 Å². The molecular formula is C7H13N3O2. The lowest BCUT2D eigenvalue weighted by atomic mass is 10.3. The maximum absolute atomic E-state index is 10.3. The van der Waals surface area contributed by atoms with Crippen molar-refractivity contribution in [1.29, 1.82) is 0 Å². The molecule has 12 heavy (non-hydrogen) atoms. The Labute approximate surface area is 70.7 Å². The smallest absolute Gasteiger partial charge is 0.322 e. The zero-order valence-corrected chi connectivity index (χ0v) is 6.79. The number of nitrogens with one attached hydrogen (secondary N) is 1. The molecule has 5 heteroatoms. The number of carboxylic acid groups (broad SMARTS) is 1. The molecule has 0 aliphatic carbocycles. The largest absolute Gasteiger partial charge is 0.480 e. The number of nitrogens with zero attached hydrogens (tertiary/aromatic N) is 1. The Morgan fingerprint density at radius 1 is 1.83 bits per heavy atom. The molecule has 0 saturated heterocycles. The number of carbonyl (C=O) groups is 1. The fraction of sp³-hybridized carbons (Fsp3) is 0.714. The summed E-state index contributed by atoms with van der Waals surface area (Å²) in [4.78, 5) is 14.4. The van der Waals surface area contributed by atoms with E-state index in [1.54, 1.807) is 0 Å². The number of aliphatic carboxylic acids is 1. The van der Waals surface area contributed by atoms with E-state index in [2.05, 4.69) is 10.3 Å². The van der Waals surface area contributed by atoms with E-state index in [0.29, 0.717) is 0 Å². The summed E-state index contributed by atoms with van der Waals surface area (Å²) in [6, 6.07) is -0.840. The molecule has 1 unspecified atom stereocenters. The highest BCUT2D eigenvalue weighted by atomic mass is 16.4. The zero-order chi connectivity index (χ0) is 8.97. The Morgan fingerprint density at radius 3 is 3.08 bits per heavy atom. The van der Waals surface area contributed by atoms with Crippen LogP contribution < -0.4 is 11.1 Å². The van der Waals surface area contributed by atoms with Gasteiger partial charge >= 0.3 is 5.97 Å². The van der Waals surface area contributed by atoms with Gasteiger partial charge in [-0.05, 0) is 6.42 Å². The van der Waals surface area contributed by atoms with Crippen LogP contribution in [0.1, 0.15) is 12.8 Å². The van der Waals surface area contributed by atoms with Crippen molar-refractivity contribution in [2.24, 2.45) is 10.7 Å². The Morgan fingerprint density at radius 2 is 2.58 bits per heavy atom. The van der Waals surface area contributed by atoms with Gasteiger partial charge in [0.2, 0.25) is 0 Å². The molecule has 0 saturated carbocycles. The van der Waals surface area contributed by atoms with Gasteiger partial charge in [0.15, 0.2) is 0 Å². The van der Waals surface area contributed by atoms with Gasteiger partial charge < -0.3 is 16.2 Å². The van der Waals surface area contributed by atoms with Crippen LogP contribution in [-0.2, 0) is 4.79 Å². The van der Waals surface area contributed by atoms with E-state index in [-0.39, 0.29) is 6.54 Å². The highest BCUT2D eigenvalue weighted by Gasteiger charge is 2.12. The van der Waals surface area contributed by atoms with Crippen LogP contribution in [0.3, 0.4) is 0 Å². The molecule has 0 aromatic rings. The first-order valence-electron chi connectivity index (χ1n) is 3.95. The summed E-state index contributed by atoms with van der Waals surface area (Å²) >= 11 is 0. The number of carboxylic acids is 1. The SMILES string of the molecule is NC(CNC1=NCCC1)C(=O)O. The number of hydrogen-bond donors (Lipinski definition) is 3. The van der Waals surface area contributed by atoms with Gasteiger partial charge in [-0.2, -0.15) is 0 Å². The van der Waals surface area contributed by atoms with E-state index >= 15 is 0 Å². The molecule has 0 bridgehead atoms. The Hall–Kier alpha value is -1.10. The first-order valence-corrected chi connectivity index (χ1v) is 3.95. The Balaban J connectivity index is 2.20. The second-order valence-electron chi connectivity index (χ2n) is 2.76. The standard InChI is InChI=1S/C7H13N3O2/c8-5(7(11)12)4-10-6-2-1-3-9-6/h5H,1-4,8H2,(H,9,10)(H,11,12). The van der Waals surface area contributed by atoms with Crippen LogP contribution in [0.15, 0.2) is 4.99 Å². The zero-order valence-electron chi connectivity index (χ0n) is 6.79. The summed E-state index contributed by atoms with van der Waals surface area (Å²) in [6.45, 7) is 1.10. The van der Waals surface area contributed by atoms with Crippen molar-refractivity contribution in [2.75, 3.05) is 13.1 Å². The lowest BCUT2D eigenvalue weighted by Crippen LogP contribution is -2.42. The second kappa shape index (κ2) is 4.06.